The lowest BCUT2D eigenvalue weighted by Gasteiger charge is -2.24. The number of hydrogen-bond donors (Lipinski definition) is 0. The average molecular weight is 440 g/mol. The van der Waals surface area contributed by atoms with E-state index < -0.39 is 0 Å². The van der Waals surface area contributed by atoms with Gasteiger partial charge in [0.1, 0.15) is 11.5 Å². The van der Waals surface area contributed by atoms with Crippen LogP contribution in [-0.4, -0.2) is 24.0 Å². The molecule has 1 amide bonds. The highest BCUT2D eigenvalue weighted by Gasteiger charge is 2.18. The second-order valence-corrected chi connectivity index (χ2v) is 8.34. The van der Waals surface area contributed by atoms with E-state index in [0.717, 1.165) is 28.0 Å². The van der Waals surface area contributed by atoms with Gasteiger partial charge < -0.3 is 14.4 Å². The second kappa shape index (κ2) is 10.2. The van der Waals surface area contributed by atoms with E-state index in [1.54, 1.807) is 7.11 Å². The highest BCUT2D eigenvalue weighted by molar-refractivity contribution is 5.95. The third-order valence-electron chi connectivity index (χ3n) is 5.53. The van der Waals surface area contributed by atoms with E-state index in [9.17, 15) is 4.79 Å². The van der Waals surface area contributed by atoms with Crippen molar-refractivity contribution in [3.63, 3.8) is 0 Å². The lowest BCUT2D eigenvalue weighted by molar-refractivity contribution is 0.0730. The zero-order chi connectivity index (χ0) is 23.2. The number of fused-ring (bicyclic) bond motifs is 1. The summed E-state index contributed by atoms with van der Waals surface area (Å²) >= 11 is 0. The van der Waals surface area contributed by atoms with Crippen molar-refractivity contribution >= 4 is 16.7 Å². The molecule has 0 N–H and O–H groups in total. The van der Waals surface area contributed by atoms with Crippen molar-refractivity contribution < 1.29 is 14.3 Å². The van der Waals surface area contributed by atoms with E-state index >= 15 is 0 Å². The molecule has 0 bridgehead atoms. The zero-order valence-corrected chi connectivity index (χ0v) is 19.3. The van der Waals surface area contributed by atoms with Crippen LogP contribution < -0.4 is 9.47 Å². The van der Waals surface area contributed by atoms with Crippen LogP contribution in [0.4, 0.5) is 0 Å². The van der Waals surface area contributed by atoms with Crippen molar-refractivity contribution in [2.24, 2.45) is 0 Å². The number of hydrogen-bond acceptors (Lipinski definition) is 3. The van der Waals surface area contributed by atoms with Crippen LogP contribution in [0, 0.1) is 0 Å². The molecule has 0 fully saturated rings. The molecule has 4 rings (SSSR count). The molecular weight excluding hydrogens is 410 g/mol. The van der Waals surface area contributed by atoms with E-state index in [0.29, 0.717) is 18.7 Å². The first-order valence-electron chi connectivity index (χ1n) is 11.2. The molecule has 0 unspecified atom stereocenters. The number of benzene rings is 4. The monoisotopic (exact) mass is 439 g/mol. The Bertz CT molecular complexity index is 1210. The molecule has 0 aromatic heterocycles. The quantitative estimate of drug-likeness (QED) is 0.315. The van der Waals surface area contributed by atoms with Gasteiger partial charge in [-0.25, -0.2) is 0 Å². The molecule has 0 saturated heterocycles. The number of methoxy groups -OCH3 is 1. The van der Waals surface area contributed by atoms with Gasteiger partial charge in [-0.05, 0) is 72.1 Å². The first-order chi connectivity index (χ1) is 16.0. The number of carbonyl (C=O) groups excluding carboxylic acids is 1. The number of nitrogens with zero attached hydrogens (tertiary/aromatic N) is 1. The smallest absolute Gasteiger partial charge is 0.254 e. The molecule has 33 heavy (non-hydrogen) atoms. The molecule has 4 nitrogen and oxygen atoms in total. The first kappa shape index (κ1) is 22.4. The van der Waals surface area contributed by atoms with Crippen molar-refractivity contribution in [3.05, 3.63) is 108 Å². The average Bonchev–Trinajstić information content (AvgIpc) is 2.84. The lowest BCUT2D eigenvalue weighted by Crippen LogP contribution is -2.30. The summed E-state index contributed by atoms with van der Waals surface area (Å²) in [5.74, 6) is 1.54. The van der Waals surface area contributed by atoms with Crippen LogP contribution in [0.5, 0.6) is 11.5 Å². The van der Waals surface area contributed by atoms with Crippen molar-refractivity contribution in [2.75, 3.05) is 7.11 Å². The van der Waals surface area contributed by atoms with Gasteiger partial charge in [0.2, 0.25) is 0 Å². The summed E-state index contributed by atoms with van der Waals surface area (Å²) in [7, 11) is 1.65. The maximum absolute atomic E-state index is 13.6. The third-order valence-corrected chi connectivity index (χ3v) is 5.53. The standard InChI is InChI=1S/C29H29NO3/c1-21(2)33-27-17-13-24(14-18-27)29(31)30(19-22-11-15-26(32-3)16-12-22)20-25-9-6-8-23-7-4-5-10-28(23)25/h4-18,21H,19-20H2,1-3H3. The number of rotatable bonds is 8. The van der Waals surface area contributed by atoms with E-state index in [4.69, 9.17) is 9.47 Å². The topological polar surface area (TPSA) is 38.8 Å². The minimum Gasteiger partial charge on any atom is -0.497 e. The Morgan fingerprint density at radius 3 is 2.15 bits per heavy atom. The summed E-state index contributed by atoms with van der Waals surface area (Å²) in [6.07, 6.45) is 0.0875. The summed E-state index contributed by atoms with van der Waals surface area (Å²) < 4.78 is 11.0. The van der Waals surface area contributed by atoms with Crippen LogP contribution in [0.15, 0.2) is 91.0 Å². The van der Waals surface area contributed by atoms with Gasteiger partial charge in [0.05, 0.1) is 13.2 Å². The molecule has 0 spiro atoms. The molecule has 4 heteroatoms. The van der Waals surface area contributed by atoms with Crippen LogP contribution in [0.25, 0.3) is 10.8 Å². The Kier molecular flexibility index (Phi) is 6.94. The van der Waals surface area contributed by atoms with Gasteiger partial charge in [0, 0.05) is 18.7 Å². The summed E-state index contributed by atoms with van der Waals surface area (Å²) in [5.41, 5.74) is 2.80. The third kappa shape index (κ3) is 5.53. The molecule has 168 valence electrons. The largest absolute Gasteiger partial charge is 0.497 e. The fourth-order valence-corrected chi connectivity index (χ4v) is 3.92. The number of amides is 1. The van der Waals surface area contributed by atoms with Crippen molar-refractivity contribution in [1.82, 2.24) is 4.90 Å². The van der Waals surface area contributed by atoms with Crippen LogP contribution in [0.2, 0.25) is 0 Å². The van der Waals surface area contributed by atoms with Gasteiger partial charge in [-0.15, -0.1) is 0 Å². The van der Waals surface area contributed by atoms with E-state index in [1.807, 2.05) is 85.5 Å². The highest BCUT2D eigenvalue weighted by atomic mass is 16.5. The molecule has 0 aliphatic rings. The summed E-state index contributed by atoms with van der Waals surface area (Å²) in [4.78, 5) is 15.5. The molecular formula is C29H29NO3. The van der Waals surface area contributed by atoms with E-state index in [1.165, 1.54) is 5.39 Å². The second-order valence-electron chi connectivity index (χ2n) is 8.34. The normalized spacial score (nSPS) is 10.9. The van der Waals surface area contributed by atoms with Crippen molar-refractivity contribution in [3.8, 4) is 11.5 Å². The molecule has 4 aromatic rings. The van der Waals surface area contributed by atoms with Crippen LogP contribution in [0.3, 0.4) is 0 Å². The Morgan fingerprint density at radius 2 is 1.45 bits per heavy atom. The number of carbonyl (C=O) groups is 1. The van der Waals surface area contributed by atoms with Gasteiger partial charge in [0.15, 0.2) is 0 Å². The van der Waals surface area contributed by atoms with Crippen LogP contribution in [0.1, 0.15) is 35.3 Å². The predicted octanol–water partition coefficient (Wildman–Crippen LogP) is 6.48. The fraction of sp³-hybridized carbons (Fsp3) is 0.207. The van der Waals surface area contributed by atoms with E-state index in [2.05, 4.69) is 24.3 Å². The van der Waals surface area contributed by atoms with Gasteiger partial charge in [-0.2, -0.15) is 0 Å². The lowest BCUT2D eigenvalue weighted by atomic mass is 10.0. The van der Waals surface area contributed by atoms with E-state index in [-0.39, 0.29) is 12.0 Å². The van der Waals surface area contributed by atoms with Crippen LogP contribution in [-0.2, 0) is 13.1 Å². The molecule has 0 heterocycles. The predicted molar refractivity (Wildman–Crippen MR) is 133 cm³/mol. The van der Waals surface area contributed by atoms with Crippen molar-refractivity contribution in [2.45, 2.75) is 33.0 Å². The van der Waals surface area contributed by atoms with Gasteiger partial charge >= 0.3 is 0 Å². The van der Waals surface area contributed by atoms with Crippen LogP contribution >= 0.6 is 0 Å². The summed E-state index contributed by atoms with van der Waals surface area (Å²) in [6, 6.07) is 29.8. The molecule has 0 saturated carbocycles. The summed E-state index contributed by atoms with van der Waals surface area (Å²) in [5, 5.41) is 2.33. The highest BCUT2D eigenvalue weighted by Crippen LogP contribution is 2.23. The minimum atomic E-state index is -0.0187. The van der Waals surface area contributed by atoms with Gasteiger partial charge in [0.25, 0.3) is 5.91 Å². The maximum atomic E-state index is 13.6. The SMILES string of the molecule is COc1ccc(CN(Cc2cccc3ccccc23)C(=O)c2ccc(OC(C)C)cc2)cc1. The van der Waals surface area contributed by atoms with Crippen molar-refractivity contribution in [1.29, 1.82) is 0 Å². The fourth-order valence-electron chi connectivity index (χ4n) is 3.92. The summed E-state index contributed by atoms with van der Waals surface area (Å²) in [6.45, 7) is 4.98. The Hall–Kier alpha value is -3.79. The van der Waals surface area contributed by atoms with Gasteiger partial charge in [-0.3, -0.25) is 4.79 Å². The Balaban J connectivity index is 1.64. The van der Waals surface area contributed by atoms with Gasteiger partial charge in [-0.1, -0.05) is 54.6 Å². The molecule has 0 aliphatic heterocycles. The Morgan fingerprint density at radius 1 is 0.788 bits per heavy atom. The molecule has 4 aromatic carbocycles. The molecule has 0 aliphatic carbocycles. The molecule has 0 radical (unpaired) electrons. The number of ether oxygens (including phenoxy) is 2. The maximum Gasteiger partial charge on any atom is 0.254 e. The minimum absolute atomic E-state index is 0.0187. The zero-order valence-electron chi connectivity index (χ0n) is 19.3. The Labute approximate surface area is 195 Å². The first-order valence-corrected chi connectivity index (χ1v) is 11.2. The molecule has 0 atom stereocenters.